The quantitative estimate of drug-likeness (QED) is 0.437. The minimum atomic E-state index is -0.812. The largest absolute Gasteiger partial charge is 0.462 e. The second-order valence-corrected chi connectivity index (χ2v) is 13.8. The molecule has 41 heavy (non-hydrogen) atoms. The van der Waals surface area contributed by atoms with Crippen LogP contribution in [0.25, 0.3) is 0 Å². The van der Waals surface area contributed by atoms with Crippen LogP contribution in [0, 0.1) is 40.4 Å². The van der Waals surface area contributed by atoms with E-state index in [1.165, 1.54) is 6.92 Å². The summed E-state index contributed by atoms with van der Waals surface area (Å²) >= 11 is 0. The van der Waals surface area contributed by atoms with Crippen LogP contribution < -0.4 is 0 Å². The van der Waals surface area contributed by atoms with Gasteiger partial charge in [-0.1, -0.05) is 25.1 Å². The third kappa shape index (κ3) is 3.48. The summed E-state index contributed by atoms with van der Waals surface area (Å²) in [6.07, 6.45) is 4.09. The van der Waals surface area contributed by atoms with Gasteiger partial charge in [0.1, 0.15) is 11.7 Å². The molecule has 5 saturated carbocycles. The molecule has 1 aromatic carbocycles. The molecule has 0 amide bonds. The fraction of sp³-hybridized carbons (Fsp3) is 0.758. The average Bonchev–Trinajstić information content (AvgIpc) is 3.40. The van der Waals surface area contributed by atoms with Crippen LogP contribution in [-0.2, 0) is 28.5 Å². The van der Waals surface area contributed by atoms with E-state index in [-0.39, 0.29) is 70.8 Å². The Bertz CT molecular complexity index is 1190. The first-order valence-electron chi connectivity index (χ1n) is 15.6. The van der Waals surface area contributed by atoms with E-state index in [0.29, 0.717) is 17.9 Å². The standard InChI is InChI=1S/C33H45NO7/c1-6-34-17-31(18-37-3)13-12-26(39-5)33-22-14-21-24(38-4)16-32(23(29(33)34)15-25(31)33,27(22)28(21)40-19(2)35)41-30(36)20-10-8-7-9-11-20/h7-11,21-29H,6,12-18H2,1-5H3/t21-,22+,23-,24?,25+,26?,27-,28+,29?,31+,32+,33-/m1/s1. The van der Waals surface area contributed by atoms with Gasteiger partial charge in [0.05, 0.1) is 24.4 Å². The highest BCUT2D eigenvalue weighted by Crippen LogP contribution is 2.80. The van der Waals surface area contributed by atoms with Gasteiger partial charge in [-0.25, -0.2) is 4.79 Å². The number of piperidine rings is 1. The highest BCUT2D eigenvalue weighted by atomic mass is 16.6. The Balaban J connectivity index is 1.45. The molecule has 1 saturated heterocycles. The van der Waals surface area contributed by atoms with Gasteiger partial charge in [-0.15, -0.1) is 0 Å². The maximum absolute atomic E-state index is 14.0. The number of ether oxygens (including phenoxy) is 5. The average molecular weight is 568 g/mol. The number of carbonyl (C=O) groups is 2. The van der Waals surface area contributed by atoms with Crippen molar-refractivity contribution in [2.24, 2.45) is 40.4 Å². The van der Waals surface area contributed by atoms with Crippen LogP contribution in [0.15, 0.2) is 30.3 Å². The molecular formula is C33H45NO7. The van der Waals surface area contributed by atoms with Crippen molar-refractivity contribution in [2.45, 2.75) is 75.9 Å². The van der Waals surface area contributed by atoms with Crippen LogP contribution in [0.2, 0.25) is 0 Å². The molecule has 7 rings (SSSR count). The first-order valence-corrected chi connectivity index (χ1v) is 15.6. The van der Waals surface area contributed by atoms with E-state index in [0.717, 1.165) is 45.4 Å². The first kappa shape index (κ1) is 27.8. The Kier molecular flexibility index (Phi) is 6.62. The van der Waals surface area contributed by atoms with Crippen LogP contribution >= 0.6 is 0 Å². The van der Waals surface area contributed by atoms with E-state index in [1.54, 1.807) is 7.11 Å². The summed E-state index contributed by atoms with van der Waals surface area (Å²) in [4.78, 5) is 29.3. The molecule has 12 atom stereocenters. The van der Waals surface area contributed by atoms with E-state index in [1.807, 2.05) is 44.6 Å². The van der Waals surface area contributed by atoms with Gasteiger partial charge in [-0.3, -0.25) is 9.69 Å². The number of likely N-dealkylation sites (tertiary alicyclic amines) is 1. The predicted octanol–water partition coefficient (Wildman–Crippen LogP) is 3.97. The van der Waals surface area contributed by atoms with E-state index in [4.69, 9.17) is 23.7 Å². The van der Waals surface area contributed by atoms with Crippen LogP contribution in [0.3, 0.4) is 0 Å². The highest BCUT2D eigenvalue weighted by Gasteiger charge is 2.85. The van der Waals surface area contributed by atoms with Crippen LogP contribution in [-0.4, -0.2) is 87.8 Å². The number of hydrogen-bond donors (Lipinski definition) is 0. The van der Waals surface area contributed by atoms with Crippen molar-refractivity contribution in [3.05, 3.63) is 35.9 Å². The van der Waals surface area contributed by atoms with Crippen molar-refractivity contribution in [3.8, 4) is 0 Å². The van der Waals surface area contributed by atoms with Crippen molar-refractivity contribution in [2.75, 3.05) is 41.0 Å². The number of benzene rings is 1. The Morgan fingerprint density at radius 2 is 1.83 bits per heavy atom. The van der Waals surface area contributed by atoms with Crippen LogP contribution in [0.5, 0.6) is 0 Å². The normalized spacial score (nSPS) is 47.2. The molecule has 1 heterocycles. The summed E-state index contributed by atoms with van der Waals surface area (Å²) in [6.45, 7) is 6.39. The molecule has 5 aliphatic carbocycles. The highest BCUT2D eigenvalue weighted by molar-refractivity contribution is 5.89. The summed E-state index contributed by atoms with van der Waals surface area (Å²) < 4.78 is 31.9. The zero-order chi connectivity index (χ0) is 28.7. The number of methoxy groups -OCH3 is 3. The molecule has 8 heteroatoms. The second kappa shape index (κ2) is 9.76. The molecule has 6 fully saturated rings. The van der Waals surface area contributed by atoms with Gasteiger partial charge < -0.3 is 23.7 Å². The number of esters is 2. The van der Waals surface area contributed by atoms with Crippen molar-refractivity contribution < 1.29 is 33.3 Å². The van der Waals surface area contributed by atoms with Gasteiger partial charge >= 0.3 is 11.9 Å². The molecule has 6 aliphatic rings. The summed E-state index contributed by atoms with van der Waals surface area (Å²) in [7, 11) is 5.46. The zero-order valence-electron chi connectivity index (χ0n) is 25.0. The van der Waals surface area contributed by atoms with Gasteiger partial charge in [0.2, 0.25) is 0 Å². The summed E-state index contributed by atoms with van der Waals surface area (Å²) in [5.74, 6) is -0.00261. The number of hydrogen-bond acceptors (Lipinski definition) is 8. The third-order valence-corrected chi connectivity index (χ3v) is 12.7. The topological polar surface area (TPSA) is 83.5 Å². The molecule has 0 radical (unpaired) electrons. The van der Waals surface area contributed by atoms with Crippen molar-refractivity contribution in [3.63, 3.8) is 0 Å². The van der Waals surface area contributed by atoms with Crippen LogP contribution in [0.1, 0.15) is 56.3 Å². The monoisotopic (exact) mass is 567 g/mol. The third-order valence-electron chi connectivity index (χ3n) is 12.7. The Morgan fingerprint density at radius 3 is 2.49 bits per heavy atom. The van der Waals surface area contributed by atoms with Crippen molar-refractivity contribution in [1.82, 2.24) is 4.90 Å². The van der Waals surface area contributed by atoms with Crippen molar-refractivity contribution in [1.29, 1.82) is 0 Å². The second-order valence-electron chi connectivity index (χ2n) is 13.8. The molecule has 0 aromatic heterocycles. The molecule has 224 valence electrons. The number of nitrogens with zero attached hydrogens (tertiary/aromatic N) is 1. The number of rotatable bonds is 8. The predicted molar refractivity (Wildman–Crippen MR) is 150 cm³/mol. The van der Waals surface area contributed by atoms with E-state index >= 15 is 0 Å². The van der Waals surface area contributed by atoms with Gasteiger partial charge in [-0.2, -0.15) is 0 Å². The van der Waals surface area contributed by atoms with Crippen molar-refractivity contribution >= 4 is 11.9 Å². The zero-order valence-corrected chi connectivity index (χ0v) is 25.0. The number of fused-ring (bicyclic) bond motifs is 2. The van der Waals surface area contributed by atoms with Gasteiger partial charge in [-0.05, 0) is 56.2 Å². The fourth-order valence-corrected chi connectivity index (χ4v) is 11.9. The van der Waals surface area contributed by atoms with E-state index < -0.39 is 5.60 Å². The lowest BCUT2D eigenvalue weighted by molar-refractivity contribution is -0.276. The maximum Gasteiger partial charge on any atom is 0.338 e. The lowest BCUT2D eigenvalue weighted by Gasteiger charge is -2.69. The Labute approximate surface area is 243 Å². The van der Waals surface area contributed by atoms with E-state index in [9.17, 15) is 9.59 Å². The molecule has 1 aliphatic heterocycles. The Hall–Kier alpha value is -2.00. The minimum absolute atomic E-state index is 0.0178. The van der Waals surface area contributed by atoms with Crippen LogP contribution in [0.4, 0.5) is 0 Å². The summed E-state index contributed by atoms with van der Waals surface area (Å²) in [5.41, 5.74) is -0.375. The summed E-state index contributed by atoms with van der Waals surface area (Å²) in [6, 6.07) is 9.53. The van der Waals surface area contributed by atoms with Gasteiger partial charge in [0.25, 0.3) is 0 Å². The van der Waals surface area contributed by atoms with Gasteiger partial charge in [0.15, 0.2) is 0 Å². The lowest BCUT2D eigenvalue weighted by atomic mass is 9.43. The first-order chi connectivity index (χ1) is 19.8. The Morgan fingerprint density at radius 1 is 1.05 bits per heavy atom. The molecule has 7 bridgehead atoms. The molecule has 1 spiro atoms. The molecular weight excluding hydrogens is 522 g/mol. The smallest absolute Gasteiger partial charge is 0.338 e. The summed E-state index contributed by atoms with van der Waals surface area (Å²) in [5, 5.41) is 0. The molecule has 3 unspecified atom stereocenters. The molecule has 1 aromatic rings. The number of carbonyl (C=O) groups excluding carboxylic acids is 2. The van der Waals surface area contributed by atoms with E-state index in [2.05, 4.69) is 11.8 Å². The molecule has 8 nitrogen and oxygen atoms in total. The molecule has 0 N–H and O–H groups in total. The fourth-order valence-electron chi connectivity index (χ4n) is 11.9. The minimum Gasteiger partial charge on any atom is -0.462 e. The maximum atomic E-state index is 14.0. The lowest BCUT2D eigenvalue weighted by Crippen LogP contribution is -2.77. The SMILES string of the molecule is CCN1C[C@]2(COC)CCC(OC)[C@]34C1[C@@H](C[C@@H]23)[C@@]1(OC(=O)c2ccccc2)CC(OC)[C@H]2C[C@H]4[C@@H]1[C@H]2OC(C)=O. The van der Waals surface area contributed by atoms with Gasteiger partial charge in [0, 0.05) is 75.8 Å².